The fraction of sp³-hybridized carbons (Fsp3) is 0.364. The molecule has 0 unspecified atom stereocenters. The lowest BCUT2D eigenvalue weighted by atomic mass is 10.0. The molecule has 14 heavy (non-hydrogen) atoms. The molecule has 1 fully saturated rings. The van der Waals surface area contributed by atoms with Crippen molar-refractivity contribution in [3.8, 4) is 6.07 Å². The molecule has 1 aromatic rings. The van der Waals surface area contributed by atoms with Crippen molar-refractivity contribution in [1.29, 1.82) is 5.26 Å². The van der Waals surface area contributed by atoms with E-state index in [0.29, 0.717) is 16.6 Å². The first-order valence-corrected chi connectivity index (χ1v) is 5.12. The van der Waals surface area contributed by atoms with E-state index >= 15 is 0 Å². The van der Waals surface area contributed by atoms with Gasteiger partial charge in [0.2, 0.25) is 0 Å². The number of hydrogen-bond acceptors (Lipinski definition) is 2. The van der Waals surface area contributed by atoms with E-state index in [1.165, 1.54) is 6.42 Å². The molecule has 2 nitrogen and oxygen atoms in total. The Balaban J connectivity index is 2.38. The molecule has 0 aliphatic carbocycles. The van der Waals surface area contributed by atoms with Gasteiger partial charge < -0.3 is 5.32 Å². The maximum absolute atomic E-state index is 8.83. The van der Waals surface area contributed by atoms with Crippen LogP contribution in [0, 0.1) is 11.3 Å². The van der Waals surface area contributed by atoms with Gasteiger partial charge in [0, 0.05) is 6.04 Å². The molecular weight excluding hydrogens is 196 g/mol. The van der Waals surface area contributed by atoms with Crippen LogP contribution < -0.4 is 5.32 Å². The molecule has 0 aromatic heterocycles. The molecule has 0 spiro atoms. The Morgan fingerprint density at radius 3 is 3.00 bits per heavy atom. The third-order valence-electron chi connectivity index (χ3n) is 2.58. The van der Waals surface area contributed by atoms with Crippen molar-refractivity contribution in [3.63, 3.8) is 0 Å². The van der Waals surface area contributed by atoms with Crippen LogP contribution in [-0.4, -0.2) is 6.54 Å². The van der Waals surface area contributed by atoms with Gasteiger partial charge >= 0.3 is 0 Å². The third kappa shape index (κ3) is 1.61. The van der Waals surface area contributed by atoms with Crippen molar-refractivity contribution in [2.24, 2.45) is 0 Å². The molecule has 1 aliphatic heterocycles. The standard InChI is InChI=1S/C11H11ClN2/c12-11-8(7-13)3-1-4-9(11)10-5-2-6-14-10/h1,3-4,10,14H,2,5-6H2/t10-/m1/s1. The van der Waals surface area contributed by atoms with E-state index in [9.17, 15) is 0 Å². The molecule has 1 saturated heterocycles. The summed E-state index contributed by atoms with van der Waals surface area (Å²) < 4.78 is 0. The highest BCUT2D eigenvalue weighted by atomic mass is 35.5. The zero-order valence-electron chi connectivity index (χ0n) is 7.76. The quantitative estimate of drug-likeness (QED) is 0.767. The van der Waals surface area contributed by atoms with Crippen molar-refractivity contribution in [3.05, 3.63) is 34.3 Å². The first-order valence-electron chi connectivity index (χ1n) is 4.75. The summed E-state index contributed by atoms with van der Waals surface area (Å²) >= 11 is 6.13. The fourth-order valence-electron chi connectivity index (χ4n) is 1.86. The van der Waals surface area contributed by atoms with Gasteiger partial charge in [0.05, 0.1) is 10.6 Å². The summed E-state index contributed by atoms with van der Waals surface area (Å²) in [6, 6.07) is 8.06. The molecule has 72 valence electrons. The van der Waals surface area contributed by atoms with Crippen LogP contribution in [0.2, 0.25) is 5.02 Å². The lowest BCUT2D eigenvalue weighted by Crippen LogP contribution is -2.13. The second kappa shape index (κ2) is 4.00. The third-order valence-corrected chi connectivity index (χ3v) is 3.01. The number of benzene rings is 1. The molecule has 0 bridgehead atoms. The molecule has 0 radical (unpaired) electrons. The van der Waals surface area contributed by atoms with Crippen molar-refractivity contribution in [2.45, 2.75) is 18.9 Å². The number of halogens is 1. The van der Waals surface area contributed by atoms with E-state index in [0.717, 1.165) is 18.5 Å². The highest BCUT2D eigenvalue weighted by Crippen LogP contribution is 2.30. The van der Waals surface area contributed by atoms with Crippen molar-refractivity contribution in [1.82, 2.24) is 5.32 Å². The van der Waals surface area contributed by atoms with Crippen molar-refractivity contribution in [2.75, 3.05) is 6.54 Å². The van der Waals surface area contributed by atoms with E-state index in [-0.39, 0.29) is 0 Å². The Morgan fingerprint density at radius 1 is 1.50 bits per heavy atom. The van der Waals surface area contributed by atoms with Gasteiger partial charge in [-0.2, -0.15) is 5.26 Å². The van der Waals surface area contributed by atoms with Gasteiger partial charge in [-0.15, -0.1) is 0 Å². The maximum atomic E-state index is 8.83. The number of rotatable bonds is 1. The minimum Gasteiger partial charge on any atom is -0.310 e. The molecule has 0 amide bonds. The summed E-state index contributed by atoms with van der Waals surface area (Å²) in [5.74, 6) is 0. The van der Waals surface area contributed by atoms with Gasteiger partial charge in [-0.05, 0) is 31.0 Å². The van der Waals surface area contributed by atoms with Crippen LogP contribution in [0.25, 0.3) is 0 Å². The summed E-state index contributed by atoms with van der Waals surface area (Å²) in [5, 5.41) is 12.8. The topological polar surface area (TPSA) is 35.8 Å². The molecule has 1 heterocycles. The Bertz CT molecular complexity index is 375. The van der Waals surface area contributed by atoms with Crippen LogP contribution in [-0.2, 0) is 0 Å². The SMILES string of the molecule is N#Cc1cccc([C@H]2CCCN2)c1Cl. The Morgan fingerprint density at radius 2 is 2.36 bits per heavy atom. The van der Waals surface area contributed by atoms with Crippen LogP contribution in [0.5, 0.6) is 0 Å². The minimum absolute atomic E-state index is 0.329. The second-order valence-corrected chi connectivity index (χ2v) is 3.85. The second-order valence-electron chi connectivity index (χ2n) is 3.47. The number of hydrogen-bond donors (Lipinski definition) is 1. The number of nitrogens with zero attached hydrogens (tertiary/aromatic N) is 1. The molecule has 2 rings (SSSR count). The molecular formula is C11H11ClN2. The summed E-state index contributed by atoms with van der Waals surface area (Å²) in [6.07, 6.45) is 2.28. The number of nitriles is 1. The molecule has 1 aliphatic rings. The first kappa shape index (κ1) is 9.51. The Kier molecular flexibility index (Phi) is 2.72. The lowest BCUT2D eigenvalue weighted by molar-refractivity contribution is 0.648. The molecule has 1 atom stereocenters. The summed E-state index contributed by atoms with van der Waals surface area (Å²) in [7, 11) is 0. The van der Waals surface area contributed by atoms with Gasteiger partial charge in [0.15, 0.2) is 0 Å². The fourth-order valence-corrected chi connectivity index (χ4v) is 2.16. The van der Waals surface area contributed by atoms with Gasteiger partial charge in [-0.3, -0.25) is 0 Å². The van der Waals surface area contributed by atoms with Crippen molar-refractivity contribution < 1.29 is 0 Å². The van der Waals surface area contributed by atoms with Crippen LogP contribution in [0.1, 0.15) is 30.0 Å². The summed E-state index contributed by atoms with van der Waals surface area (Å²) in [6.45, 7) is 1.04. The van der Waals surface area contributed by atoms with Gasteiger partial charge in [-0.1, -0.05) is 23.7 Å². The Hall–Kier alpha value is -1.04. The minimum atomic E-state index is 0.329. The predicted octanol–water partition coefficient (Wildman–Crippen LogP) is 2.64. The van der Waals surface area contributed by atoms with Gasteiger partial charge in [0.25, 0.3) is 0 Å². The van der Waals surface area contributed by atoms with Crippen LogP contribution >= 0.6 is 11.6 Å². The zero-order chi connectivity index (χ0) is 9.97. The monoisotopic (exact) mass is 206 g/mol. The normalized spacial score (nSPS) is 20.7. The van der Waals surface area contributed by atoms with Crippen LogP contribution in [0.4, 0.5) is 0 Å². The maximum Gasteiger partial charge on any atom is 0.101 e. The number of nitrogens with one attached hydrogen (secondary N) is 1. The highest BCUT2D eigenvalue weighted by molar-refractivity contribution is 6.32. The largest absolute Gasteiger partial charge is 0.310 e. The highest BCUT2D eigenvalue weighted by Gasteiger charge is 2.19. The smallest absolute Gasteiger partial charge is 0.101 e. The molecule has 1 aromatic carbocycles. The lowest BCUT2D eigenvalue weighted by Gasteiger charge is -2.12. The Labute approximate surface area is 88.5 Å². The average Bonchev–Trinajstić information content (AvgIpc) is 2.71. The molecule has 3 heteroatoms. The van der Waals surface area contributed by atoms with E-state index in [1.807, 2.05) is 12.1 Å². The van der Waals surface area contributed by atoms with Gasteiger partial charge in [0.1, 0.15) is 6.07 Å². The predicted molar refractivity (Wildman–Crippen MR) is 56.1 cm³/mol. The van der Waals surface area contributed by atoms with E-state index < -0.39 is 0 Å². The average molecular weight is 207 g/mol. The van der Waals surface area contributed by atoms with E-state index in [2.05, 4.69) is 11.4 Å². The van der Waals surface area contributed by atoms with Crippen molar-refractivity contribution >= 4 is 11.6 Å². The first-order chi connectivity index (χ1) is 6.83. The van der Waals surface area contributed by atoms with E-state index in [4.69, 9.17) is 16.9 Å². The zero-order valence-corrected chi connectivity index (χ0v) is 8.51. The molecule has 0 saturated carbocycles. The van der Waals surface area contributed by atoms with Crippen LogP contribution in [0.3, 0.4) is 0 Å². The van der Waals surface area contributed by atoms with Crippen LogP contribution in [0.15, 0.2) is 18.2 Å². The molecule has 1 N–H and O–H groups in total. The summed E-state index contributed by atoms with van der Waals surface area (Å²) in [4.78, 5) is 0. The van der Waals surface area contributed by atoms with Gasteiger partial charge in [-0.25, -0.2) is 0 Å². The van der Waals surface area contributed by atoms with E-state index in [1.54, 1.807) is 6.07 Å². The summed E-state index contributed by atoms with van der Waals surface area (Å²) in [5.41, 5.74) is 1.63.